The second-order valence-electron chi connectivity index (χ2n) is 4.06. The van der Waals surface area contributed by atoms with Crippen molar-refractivity contribution in [1.29, 1.82) is 0 Å². The van der Waals surface area contributed by atoms with E-state index < -0.39 is 5.97 Å². The first-order valence-electron chi connectivity index (χ1n) is 5.59. The van der Waals surface area contributed by atoms with Gasteiger partial charge in [-0.25, -0.2) is 0 Å². The number of ether oxygens (including phenoxy) is 1. The third-order valence-electron chi connectivity index (χ3n) is 2.50. The van der Waals surface area contributed by atoms with E-state index in [2.05, 4.69) is 5.32 Å². The zero-order valence-electron chi connectivity index (χ0n) is 10.7. The summed E-state index contributed by atoms with van der Waals surface area (Å²) in [5.74, 6) is -0.793. The van der Waals surface area contributed by atoms with Crippen LogP contribution in [0.15, 0.2) is 12.1 Å². The van der Waals surface area contributed by atoms with E-state index >= 15 is 0 Å². The molecule has 5 nitrogen and oxygen atoms in total. The number of methoxy groups -OCH3 is 1. The van der Waals surface area contributed by atoms with Gasteiger partial charge in [-0.15, -0.1) is 0 Å². The van der Waals surface area contributed by atoms with Gasteiger partial charge in [0.05, 0.1) is 7.11 Å². The van der Waals surface area contributed by atoms with E-state index in [1.165, 1.54) is 0 Å². The molecule has 98 valence electrons. The molecule has 5 heteroatoms. The molecule has 0 aliphatic heterocycles. The number of nitrogens with one attached hydrogen (secondary N) is 1. The highest BCUT2D eigenvalue weighted by molar-refractivity contribution is 5.92. The number of carbonyl (C=O) groups is 2. The van der Waals surface area contributed by atoms with E-state index in [4.69, 9.17) is 4.74 Å². The van der Waals surface area contributed by atoms with Gasteiger partial charge in [-0.2, -0.15) is 0 Å². The highest BCUT2D eigenvalue weighted by Crippen LogP contribution is 2.26. The summed E-state index contributed by atoms with van der Waals surface area (Å²) in [4.78, 5) is 21.7. The van der Waals surface area contributed by atoms with E-state index in [0.29, 0.717) is 5.69 Å². The Morgan fingerprint density at radius 3 is 2.22 bits per heavy atom. The van der Waals surface area contributed by atoms with Crippen molar-refractivity contribution in [2.24, 2.45) is 0 Å². The highest BCUT2D eigenvalue weighted by atomic mass is 16.5. The van der Waals surface area contributed by atoms with Gasteiger partial charge in [0.25, 0.3) is 0 Å². The van der Waals surface area contributed by atoms with Gasteiger partial charge in [0.1, 0.15) is 5.75 Å². The van der Waals surface area contributed by atoms with Crippen LogP contribution in [0.5, 0.6) is 5.75 Å². The molecular weight excluding hydrogens is 234 g/mol. The first-order chi connectivity index (χ1) is 8.43. The number of carboxylic acids is 1. The van der Waals surface area contributed by atoms with E-state index in [9.17, 15) is 14.7 Å². The molecule has 0 saturated carbocycles. The lowest BCUT2D eigenvalue weighted by Crippen LogP contribution is -2.24. The van der Waals surface area contributed by atoms with Gasteiger partial charge in [-0.05, 0) is 43.5 Å². The summed E-state index contributed by atoms with van der Waals surface area (Å²) < 4.78 is 5.22. The summed E-state index contributed by atoms with van der Waals surface area (Å²) in [5.41, 5.74) is 2.45. The minimum absolute atomic E-state index is 0.0908. The van der Waals surface area contributed by atoms with E-state index in [0.717, 1.165) is 16.9 Å². The Morgan fingerprint density at radius 1 is 1.22 bits per heavy atom. The molecule has 1 N–H and O–H groups in total. The zero-order chi connectivity index (χ0) is 13.7. The molecule has 0 aliphatic carbocycles. The molecule has 0 fully saturated rings. The third kappa shape index (κ3) is 3.76. The average molecular weight is 250 g/mol. The fourth-order valence-corrected chi connectivity index (χ4v) is 1.78. The Labute approximate surface area is 106 Å². The first-order valence-corrected chi connectivity index (χ1v) is 5.59. The van der Waals surface area contributed by atoms with Gasteiger partial charge in [-0.1, -0.05) is 0 Å². The van der Waals surface area contributed by atoms with Gasteiger partial charge in [0.15, 0.2) is 0 Å². The fraction of sp³-hybridized carbons (Fsp3) is 0.385. The van der Waals surface area contributed by atoms with Crippen LogP contribution in [0, 0.1) is 13.8 Å². The van der Waals surface area contributed by atoms with Crippen LogP contribution in [0.2, 0.25) is 0 Å². The molecular formula is C13H16NO4-. The van der Waals surface area contributed by atoms with Crippen molar-refractivity contribution < 1.29 is 19.4 Å². The molecule has 0 bridgehead atoms. The molecule has 0 unspecified atom stereocenters. The van der Waals surface area contributed by atoms with Crippen molar-refractivity contribution in [3.63, 3.8) is 0 Å². The van der Waals surface area contributed by atoms with E-state index in [1.54, 1.807) is 19.2 Å². The summed E-state index contributed by atoms with van der Waals surface area (Å²) >= 11 is 0. The molecule has 1 aromatic rings. The van der Waals surface area contributed by atoms with Crippen LogP contribution in [0.25, 0.3) is 0 Å². The average Bonchev–Trinajstić information content (AvgIpc) is 2.26. The lowest BCUT2D eigenvalue weighted by atomic mass is 10.1. The number of amides is 1. The summed E-state index contributed by atoms with van der Waals surface area (Å²) in [5, 5.41) is 12.9. The number of hydrogen-bond donors (Lipinski definition) is 1. The van der Waals surface area contributed by atoms with Gasteiger partial charge in [-0.3, -0.25) is 4.79 Å². The van der Waals surface area contributed by atoms with Gasteiger partial charge in [0.2, 0.25) is 5.91 Å². The number of anilines is 1. The Balaban J connectivity index is 2.74. The predicted molar refractivity (Wildman–Crippen MR) is 65.3 cm³/mol. The first kappa shape index (κ1) is 14.0. The molecule has 0 heterocycles. The molecule has 0 radical (unpaired) electrons. The number of benzene rings is 1. The molecule has 0 atom stereocenters. The quantitative estimate of drug-likeness (QED) is 0.837. The van der Waals surface area contributed by atoms with Crippen LogP contribution in [-0.2, 0) is 9.59 Å². The SMILES string of the molecule is COc1c(C)cc(NC(=O)CCC(=O)[O-])cc1C. The molecule has 18 heavy (non-hydrogen) atoms. The lowest BCUT2D eigenvalue weighted by molar-refractivity contribution is -0.305. The summed E-state index contributed by atoms with van der Waals surface area (Å²) in [7, 11) is 1.59. The van der Waals surface area contributed by atoms with Gasteiger partial charge in [0, 0.05) is 18.1 Å². The van der Waals surface area contributed by atoms with Crippen LogP contribution < -0.4 is 15.2 Å². The normalized spacial score (nSPS) is 9.94. The topological polar surface area (TPSA) is 78.5 Å². The largest absolute Gasteiger partial charge is 0.550 e. The van der Waals surface area contributed by atoms with Crippen molar-refractivity contribution in [2.75, 3.05) is 12.4 Å². The molecule has 0 aromatic heterocycles. The van der Waals surface area contributed by atoms with Crippen molar-refractivity contribution >= 4 is 17.6 Å². The van der Waals surface area contributed by atoms with E-state index in [1.807, 2.05) is 13.8 Å². The maximum absolute atomic E-state index is 11.5. The molecule has 1 amide bonds. The maximum atomic E-state index is 11.5. The molecule has 1 rings (SSSR count). The highest BCUT2D eigenvalue weighted by Gasteiger charge is 2.07. The fourth-order valence-electron chi connectivity index (χ4n) is 1.78. The molecule has 0 aliphatic rings. The minimum atomic E-state index is -1.23. The Morgan fingerprint density at radius 2 is 1.78 bits per heavy atom. The Kier molecular flexibility index (Phi) is 4.71. The number of hydrogen-bond acceptors (Lipinski definition) is 4. The number of carbonyl (C=O) groups excluding carboxylic acids is 2. The molecule has 1 aromatic carbocycles. The smallest absolute Gasteiger partial charge is 0.224 e. The van der Waals surface area contributed by atoms with Crippen LogP contribution in [-0.4, -0.2) is 19.0 Å². The molecule has 0 saturated heterocycles. The summed E-state index contributed by atoms with van der Waals surface area (Å²) in [6, 6.07) is 3.56. The van der Waals surface area contributed by atoms with Crippen molar-refractivity contribution in [3.05, 3.63) is 23.3 Å². The van der Waals surface area contributed by atoms with Crippen LogP contribution in [0.4, 0.5) is 5.69 Å². The van der Waals surface area contributed by atoms with Gasteiger partial charge < -0.3 is 20.0 Å². The van der Waals surface area contributed by atoms with Crippen LogP contribution in [0.3, 0.4) is 0 Å². The lowest BCUT2D eigenvalue weighted by Gasteiger charge is -2.12. The maximum Gasteiger partial charge on any atom is 0.224 e. The predicted octanol–water partition coefficient (Wildman–Crippen LogP) is 0.781. The van der Waals surface area contributed by atoms with Crippen LogP contribution in [0.1, 0.15) is 24.0 Å². The van der Waals surface area contributed by atoms with Gasteiger partial charge >= 0.3 is 0 Å². The summed E-state index contributed by atoms with van der Waals surface area (Å²) in [6.07, 6.45) is -0.369. The van der Waals surface area contributed by atoms with Crippen molar-refractivity contribution in [1.82, 2.24) is 0 Å². The standard InChI is InChI=1S/C13H17NO4/c1-8-6-10(7-9(2)13(8)18-3)14-11(15)4-5-12(16)17/h6-7H,4-5H2,1-3H3,(H,14,15)(H,16,17)/p-1. The Hall–Kier alpha value is -2.04. The van der Waals surface area contributed by atoms with Crippen molar-refractivity contribution in [3.8, 4) is 5.75 Å². The Bertz CT molecular complexity index is 445. The minimum Gasteiger partial charge on any atom is -0.550 e. The van der Waals surface area contributed by atoms with Crippen LogP contribution >= 0.6 is 0 Å². The van der Waals surface area contributed by atoms with Crippen molar-refractivity contribution in [2.45, 2.75) is 26.7 Å². The second-order valence-corrected chi connectivity index (χ2v) is 4.06. The number of aliphatic carboxylic acids is 1. The second kappa shape index (κ2) is 6.05. The molecule has 0 spiro atoms. The third-order valence-corrected chi connectivity index (χ3v) is 2.50. The zero-order valence-corrected chi connectivity index (χ0v) is 10.7. The summed E-state index contributed by atoms with van der Waals surface area (Å²) in [6.45, 7) is 3.76. The number of aryl methyl sites for hydroxylation is 2. The van der Waals surface area contributed by atoms with E-state index in [-0.39, 0.29) is 18.7 Å². The number of rotatable bonds is 5. The number of carboxylic acid groups (broad SMARTS) is 1. The monoisotopic (exact) mass is 250 g/mol.